The molecule has 2 aromatic rings. The van der Waals surface area contributed by atoms with Crippen molar-refractivity contribution in [2.75, 3.05) is 19.6 Å². The molecule has 1 aliphatic rings. The third-order valence-corrected chi connectivity index (χ3v) is 5.24. The van der Waals surface area contributed by atoms with E-state index < -0.39 is 0 Å². The number of benzene rings is 2. The van der Waals surface area contributed by atoms with E-state index in [4.69, 9.17) is 0 Å². The van der Waals surface area contributed by atoms with Gasteiger partial charge in [-0.15, -0.1) is 0 Å². The molecule has 1 saturated heterocycles. The number of hydrogen-bond donors (Lipinski definition) is 1. The van der Waals surface area contributed by atoms with Crippen LogP contribution in [0.25, 0.3) is 0 Å². The zero-order valence-corrected chi connectivity index (χ0v) is 15.1. The van der Waals surface area contributed by atoms with Crippen molar-refractivity contribution in [1.82, 2.24) is 10.2 Å². The molecule has 0 saturated carbocycles. The predicted octanol–water partition coefficient (Wildman–Crippen LogP) is 3.65. The van der Waals surface area contributed by atoms with Crippen LogP contribution < -0.4 is 5.32 Å². The van der Waals surface area contributed by atoms with Crippen molar-refractivity contribution in [3.8, 4) is 0 Å². The molecule has 3 heteroatoms. The molecule has 0 aromatic heterocycles. The van der Waals surface area contributed by atoms with Gasteiger partial charge in [0, 0.05) is 18.5 Å². The summed E-state index contributed by atoms with van der Waals surface area (Å²) in [7, 11) is 0. The van der Waals surface area contributed by atoms with E-state index in [1.54, 1.807) is 0 Å². The SMILES string of the molecule is CC1(C(=O)N(CCc2ccccc2)Cc2ccccc2)CCNCC1. The summed E-state index contributed by atoms with van der Waals surface area (Å²) in [5, 5.41) is 3.37. The van der Waals surface area contributed by atoms with Crippen molar-refractivity contribution in [1.29, 1.82) is 0 Å². The van der Waals surface area contributed by atoms with Crippen molar-refractivity contribution in [3.05, 3.63) is 71.8 Å². The van der Waals surface area contributed by atoms with Crippen LogP contribution in [0.2, 0.25) is 0 Å². The average Bonchev–Trinajstić information content (AvgIpc) is 2.67. The summed E-state index contributed by atoms with van der Waals surface area (Å²) in [5.41, 5.74) is 2.24. The lowest BCUT2D eigenvalue weighted by Crippen LogP contribution is -2.48. The van der Waals surface area contributed by atoms with Gasteiger partial charge in [0.2, 0.25) is 5.91 Å². The highest BCUT2D eigenvalue weighted by molar-refractivity contribution is 5.82. The monoisotopic (exact) mass is 336 g/mol. The van der Waals surface area contributed by atoms with Gasteiger partial charge >= 0.3 is 0 Å². The second kappa shape index (κ2) is 8.30. The molecule has 0 spiro atoms. The molecule has 0 aliphatic carbocycles. The summed E-state index contributed by atoms with van der Waals surface area (Å²) in [6.45, 7) is 5.45. The highest BCUT2D eigenvalue weighted by Gasteiger charge is 2.37. The Morgan fingerprint density at radius 2 is 1.52 bits per heavy atom. The van der Waals surface area contributed by atoms with Gasteiger partial charge in [0.25, 0.3) is 0 Å². The fourth-order valence-electron chi connectivity index (χ4n) is 3.54. The van der Waals surface area contributed by atoms with Crippen molar-refractivity contribution in [3.63, 3.8) is 0 Å². The van der Waals surface area contributed by atoms with Gasteiger partial charge in [-0.1, -0.05) is 67.6 Å². The topological polar surface area (TPSA) is 32.3 Å². The number of nitrogens with zero attached hydrogens (tertiary/aromatic N) is 1. The van der Waals surface area contributed by atoms with Crippen LogP contribution in [0.15, 0.2) is 60.7 Å². The number of hydrogen-bond acceptors (Lipinski definition) is 2. The minimum Gasteiger partial charge on any atom is -0.338 e. The van der Waals surface area contributed by atoms with E-state index in [0.717, 1.165) is 38.9 Å². The Bertz CT molecular complexity index is 663. The van der Waals surface area contributed by atoms with Crippen LogP contribution in [0, 0.1) is 5.41 Å². The molecule has 3 nitrogen and oxygen atoms in total. The van der Waals surface area contributed by atoms with Crippen LogP contribution in [0.3, 0.4) is 0 Å². The third-order valence-electron chi connectivity index (χ3n) is 5.24. The Labute approximate surface area is 151 Å². The predicted molar refractivity (Wildman–Crippen MR) is 102 cm³/mol. The van der Waals surface area contributed by atoms with Gasteiger partial charge in [0.1, 0.15) is 0 Å². The van der Waals surface area contributed by atoms with Crippen LogP contribution in [-0.2, 0) is 17.8 Å². The number of amides is 1. The van der Waals surface area contributed by atoms with Crippen molar-refractivity contribution in [2.45, 2.75) is 32.7 Å². The molecule has 1 heterocycles. The van der Waals surface area contributed by atoms with Crippen LogP contribution >= 0.6 is 0 Å². The highest BCUT2D eigenvalue weighted by Crippen LogP contribution is 2.31. The summed E-state index contributed by atoms with van der Waals surface area (Å²) in [5.74, 6) is 0.300. The van der Waals surface area contributed by atoms with E-state index in [2.05, 4.69) is 53.5 Å². The van der Waals surface area contributed by atoms with Crippen molar-refractivity contribution < 1.29 is 4.79 Å². The van der Waals surface area contributed by atoms with Gasteiger partial charge in [-0.25, -0.2) is 0 Å². The number of carbonyl (C=O) groups is 1. The van der Waals surface area contributed by atoms with Gasteiger partial charge in [0.15, 0.2) is 0 Å². The molecule has 25 heavy (non-hydrogen) atoms. The molecule has 0 radical (unpaired) electrons. The van der Waals surface area contributed by atoms with Crippen LogP contribution in [-0.4, -0.2) is 30.4 Å². The second-order valence-electron chi connectivity index (χ2n) is 7.26. The maximum atomic E-state index is 13.3. The largest absolute Gasteiger partial charge is 0.338 e. The Kier molecular flexibility index (Phi) is 5.87. The first-order valence-corrected chi connectivity index (χ1v) is 9.25. The smallest absolute Gasteiger partial charge is 0.228 e. The summed E-state index contributed by atoms with van der Waals surface area (Å²) in [4.78, 5) is 15.4. The van der Waals surface area contributed by atoms with Crippen LogP contribution in [0.1, 0.15) is 30.9 Å². The first-order chi connectivity index (χ1) is 12.2. The van der Waals surface area contributed by atoms with E-state index >= 15 is 0 Å². The fourth-order valence-corrected chi connectivity index (χ4v) is 3.54. The van der Waals surface area contributed by atoms with Crippen molar-refractivity contribution >= 4 is 5.91 Å². The molecular weight excluding hydrogens is 308 g/mol. The Morgan fingerprint density at radius 3 is 2.12 bits per heavy atom. The number of carbonyl (C=O) groups excluding carboxylic acids is 1. The summed E-state index contributed by atoms with van der Waals surface area (Å²) >= 11 is 0. The zero-order chi connectivity index (χ0) is 17.5. The van der Waals surface area contributed by atoms with E-state index in [9.17, 15) is 4.79 Å². The quantitative estimate of drug-likeness (QED) is 0.873. The van der Waals surface area contributed by atoms with E-state index in [1.165, 1.54) is 11.1 Å². The fraction of sp³-hybridized carbons (Fsp3) is 0.409. The number of piperidine rings is 1. The normalized spacial score (nSPS) is 16.4. The van der Waals surface area contributed by atoms with Gasteiger partial charge < -0.3 is 10.2 Å². The Morgan fingerprint density at radius 1 is 0.960 bits per heavy atom. The molecule has 1 fully saturated rings. The highest BCUT2D eigenvalue weighted by atomic mass is 16.2. The van der Waals surface area contributed by atoms with Gasteiger partial charge in [-0.3, -0.25) is 4.79 Å². The first-order valence-electron chi connectivity index (χ1n) is 9.25. The first kappa shape index (κ1) is 17.7. The Balaban J connectivity index is 1.74. The third kappa shape index (κ3) is 4.70. The molecule has 1 N–H and O–H groups in total. The van der Waals surface area contributed by atoms with E-state index in [-0.39, 0.29) is 5.41 Å². The number of nitrogens with one attached hydrogen (secondary N) is 1. The maximum Gasteiger partial charge on any atom is 0.228 e. The molecule has 0 bridgehead atoms. The molecule has 0 atom stereocenters. The van der Waals surface area contributed by atoms with E-state index in [0.29, 0.717) is 12.5 Å². The summed E-state index contributed by atoms with van der Waals surface area (Å²) in [6, 6.07) is 20.7. The summed E-state index contributed by atoms with van der Waals surface area (Å²) < 4.78 is 0. The van der Waals surface area contributed by atoms with Gasteiger partial charge in [-0.2, -0.15) is 0 Å². The molecule has 132 valence electrons. The van der Waals surface area contributed by atoms with Crippen molar-refractivity contribution in [2.24, 2.45) is 5.41 Å². The Hall–Kier alpha value is -2.13. The van der Waals surface area contributed by atoms with Gasteiger partial charge in [0.05, 0.1) is 0 Å². The number of rotatable bonds is 6. The standard InChI is InChI=1S/C22H28N2O/c1-22(13-15-23-16-14-22)21(25)24(18-20-10-6-3-7-11-20)17-12-19-8-4-2-5-9-19/h2-11,23H,12-18H2,1H3. The molecular formula is C22H28N2O. The molecule has 2 aromatic carbocycles. The maximum absolute atomic E-state index is 13.3. The van der Waals surface area contributed by atoms with E-state index in [1.807, 2.05) is 24.3 Å². The van der Waals surface area contributed by atoms with Crippen LogP contribution in [0.5, 0.6) is 0 Å². The zero-order valence-electron chi connectivity index (χ0n) is 15.1. The molecule has 0 unspecified atom stereocenters. The molecule has 1 aliphatic heterocycles. The molecule has 1 amide bonds. The minimum atomic E-state index is -0.239. The lowest BCUT2D eigenvalue weighted by molar-refractivity contribution is -0.143. The minimum absolute atomic E-state index is 0.239. The summed E-state index contributed by atoms with van der Waals surface area (Å²) in [6.07, 6.45) is 2.73. The van der Waals surface area contributed by atoms with Gasteiger partial charge in [-0.05, 0) is 43.5 Å². The lowest BCUT2D eigenvalue weighted by atomic mass is 9.79. The molecule has 3 rings (SSSR count). The lowest BCUT2D eigenvalue weighted by Gasteiger charge is -2.37. The van der Waals surface area contributed by atoms with Crippen LogP contribution in [0.4, 0.5) is 0 Å². The average molecular weight is 336 g/mol. The second-order valence-corrected chi connectivity index (χ2v) is 7.26.